The SMILES string of the molecule is CCc1ccc(NC(=O)C(=O)NCC[C@H]2CCCCN2S(=O)(=O)c2ccc(F)cc2C)cc1. The van der Waals surface area contributed by atoms with Crippen molar-refractivity contribution in [3.05, 3.63) is 59.4 Å². The number of anilines is 1. The number of aryl methyl sites for hydroxylation is 2. The van der Waals surface area contributed by atoms with E-state index in [9.17, 15) is 22.4 Å². The summed E-state index contributed by atoms with van der Waals surface area (Å²) in [5, 5.41) is 5.14. The molecule has 1 aliphatic rings. The Morgan fingerprint density at radius 2 is 1.82 bits per heavy atom. The Bertz CT molecular complexity index is 1100. The molecule has 0 spiro atoms. The average Bonchev–Trinajstić information content (AvgIpc) is 2.79. The van der Waals surface area contributed by atoms with Crippen LogP contribution in [0.5, 0.6) is 0 Å². The van der Waals surface area contributed by atoms with E-state index < -0.39 is 27.7 Å². The topological polar surface area (TPSA) is 95.6 Å². The molecule has 2 amide bonds. The van der Waals surface area contributed by atoms with Crippen molar-refractivity contribution >= 4 is 27.5 Å². The van der Waals surface area contributed by atoms with Crippen LogP contribution in [0.3, 0.4) is 0 Å². The highest BCUT2D eigenvalue weighted by molar-refractivity contribution is 7.89. The predicted molar refractivity (Wildman–Crippen MR) is 125 cm³/mol. The number of nitrogens with one attached hydrogen (secondary N) is 2. The van der Waals surface area contributed by atoms with Crippen molar-refractivity contribution in [1.82, 2.24) is 9.62 Å². The highest BCUT2D eigenvalue weighted by Gasteiger charge is 2.34. The maximum atomic E-state index is 13.5. The van der Waals surface area contributed by atoms with Crippen LogP contribution in [0.15, 0.2) is 47.4 Å². The van der Waals surface area contributed by atoms with Gasteiger partial charge in [-0.3, -0.25) is 9.59 Å². The zero-order valence-electron chi connectivity index (χ0n) is 18.9. The number of hydrogen-bond acceptors (Lipinski definition) is 4. The lowest BCUT2D eigenvalue weighted by Crippen LogP contribution is -2.46. The molecule has 7 nitrogen and oxygen atoms in total. The largest absolute Gasteiger partial charge is 0.348 e. The van der Waals surface area contributed by atoms with Crippen molar-refractivity contribution in [2.24, 2.45) is 0 Å². The molecule has 9 heteroatoms. The van der Waals surface area contributed by atoms with E-state index in [0.717, 1.165) is 30.9 Å². The molecule has 0 saturated carbocycles. The number of piperidine rings is 1. The second-order valence-corrected chi connectivity index (χ2v) is 10.1. The molecular weight excluding hydrogens is 445 g/mol. The number of halogens is 1. The van der Waals surface area contributed by atoms with Crippen molar-refractivity contribution in [2.45, 2.75) is 56.9 Å². The van der Waals surface area contributed by atoms with Crippen LogP contribution < -0.4 is 10.6 Å². The summed E-state index contributed by atoms with van der Waals surface area (Å²) in [6, 6.07) is 10.6. The molecule has 0 aliphatic carbocycles. The van der Waals surface area contributed by atoms with Gasteiger partial charge >= 0.3 is 11.8 Å². The van der Waals surface area contributed by atoms with Crippen LogP contribution in [0, 0.1) is 12.7 Å². The summed E-state index contributed by atoms with van der Waals surface area (Å²) in [5.74, 6) is -2.02. The van der Waals surface area contributed by atoms with E-state index in [1.165, 1.54) is 16.4 Å². The number of benzene rings is 2. The Kier molecular flexibility index (Phi) is 8.20. The molecular formula is C24H30FN3O4S. The molecule has 0 radical (unpaired) electrons. The first-order valence-electron chi connectivity index (χ1n) is 11.2. The first-order valence-corrected chi connectivity index (χ1v) is 12.6. The summed E-state index contributed by atoms with van der Waals surface area (Å²) in [5.41, 5.74) is 2.02. The summed E-state index contributed by atoms with van der Waals surface area (Å²) < 4.78 is 41.4. The predicted octanol–water partition coefficient (Wildman–Crippen LogP) is 3.38. The Balaban J connectivity index is 1.58. The minimum absolute atomic E-state index is 0.0910. The van der Waals surface area contributed by atoms with Gasteiger partial charge in [0.05, 0.1) is 4.90 Å². The maximum absolute atomic E-state index is 13.5. The van der Waals surface area contributed by atoms with Crippen molar-refractivity contribution in [2.75, 3.05) is 18.4 Å². The molecule has 0 unspecified atom stereocenters. The first kappa shape index (κ1) is 24.9. The molecule has 1 saturated heterocycles. The number of carbonyl (C=O) groups excluding carboxylic acids is 2. The zero-order chi connectivity index (χ0) is 24.0. The van der Waals surface area contributed by atoms with Crippen LogP contribution in [-0.2, 0) is 26.0 Å². The molecule has 0 aromatic heterocycles. The second-order valence-electron chi connectivity index (χ2n) is 8.22. The highest BCUT2D eigenvalue weighted by atomic mass is 32.2. The monoisotopic (exact) mass is 475 g/mol. The second kappa shape index (κ2) is 10.9. The Morgan fingerprint density at radius 1 is 1.09 bits per heavy atom. The lowest BCUT2D eigenvalue weighted by molar-refractivity contribution is -0.136. The molecule has 1 aliphatic heterocycles. The van der Waals surface area contributed by atoms with E-state index in [0.29, 0.717) is 30.6 Å². The Labute approximate surface area is 194 Å². The van der Waals surface area contributed by atoms with Gasteiger partial charge in [0.1, 0.15) is 5.82 Å². The van der Waals surface area contributed by atoms with E-state index >= 15 is 0 Å². The third-order valence-electron chi connectivity index (χ3n) is 5.89. The standard InChI is InChI=1S/C24H30FN3O4S/c1-3-18-7-10-20(11-8-18)27-24(30)23(29)26-14-13-21-6-4-5-15-28(21)33(31,32)22-12-9-19(25)16-17(22)2/h7-12,16,21H,3-6,13-15H2,1-2H3,(H,26,29)(H,27,30)/t21-/m1/s1. The summed E-state index contributed by atoms with van der Waals surface area (Å²) in [4.78, 5) is 24.5. The summed E-state index contributed by atoms with van der Waals surface area (Å²) in [7, 11) is -3.80. The van der Waals surface area contributed by atoms with E-state index in [1.807, 2.05) is 19.1 Å². The van der Waals surface area contributed by atoms with Gasteiger partial charge in [-0.25, -0.2) is 12.8 Å². The summed E-state index contributed by atoms with van der Waals surface area (Å²) in [6.45, 7) is 4.14. The molecule has 0 bridgehead atoms. The van der Waals surface area contributed by atoms with Gasteiger partial charge in [-0.05, 0) is 74.1 Å². The molecule has 1 atom stereocenters. The maximum Gasteiger partial charge on any atom is 0.313 e. The van der Waals surface area contributed by atoms with E-state index in [1.54, 1.807) is 19.1 Å². The minimum atomic E-state index is -3.80. The quantitative estimate of drug-likeness (QED) is 0.600. The van der Waals surface area contributed by atoms with Gasteiger partial charge in [-0.1, -0.05) is 25.5 Å². The molecule has 1 heterocycles. The van der Waals surface area contributed by atoms with E-state index in [4.69, 9.17) is 0 Å². The molecule has 2 N–H and O–H groups in total. The van der Waals surface area contributed by atoms with E-state index in [2.05, 4.69) is 10.6 Å². The van der Waals surface area contributed by atoms with Crippen molar-refractivity contribution in [3.8, 4) is 0 Å². The third-order valence-corrected chi connectivity index (χ3v) is 8.00. The van der Waals surface area contributed by atoms with Crippen molar-refractivity contribution in [3.63, 3.8) is 0 Å². The molecule has 2 aromatic carbocycles. The summed E-state index contributed by atoms with van der Waals surface area (Å²) in [6.07, 6.45) is 3.53. The van der Waals surface area contributed by atoms with Gasteiger partial charge in [0.15, 0.2) is 0 Å². The van der Waals surface area contributed by atoms with Gasteiger partial charge < -0.3 is 10.6 Å². The zero-order valence-corrected chi connectivity index (χ0v) is 19.8. The fourth-order valence-corrected chi connectivity index (χ4v) is 5.98. The minimum Gasteiger partial charge on any atom is -0.348 e. The first-order chi connectivity index (χ1) is 15.7. The smallest absolute Gasteiger partial charge is 0.313 e. The van der Waals surface area contributed by atoms with Crippen LogP contribution in [-0.4, -0.2) is 43.7 Å². The lowest BCUT2D eigenvalue weighted by Gasteiger charge is -2.35. The van der Waals surface area contributed by atoms with Gasteiger partial charge in [-0.2, -0.15) is 4.31 Å². The highest BCUT2D eigenvalue weighted by Crippen LogP contribution is 2.28. The van der Waals surface area contributed by atoms with Crippen LogP contribution >= 0.6 is 0 Å². The van der Waals surface area contributed by atoms with Crippen molar-refractivity contribution in [1.29, 1.82) is 0 Å². The van der Waals surface area contributed by atoms with Gasteiger partial charge in [0, 0.05) is 24.8 Å². The molecule has 3 rings (SSSR count). The Morgan fingerprint density at radius 3 is 2.48 bits per heavy atom. The fourth-order valence-electron chi connectivity index (χ4n) is 4.05. The van der Waals surface area contributed by atoms with Crippen LogP contribution in [0.4, 0.5) is 10.1 Å². The number of hydrogen-bond donors (Lipinski definition) is 2. The van der Waals surface area contributed by atoms with Crippen LogP contribution in [0.1, 0.15) is 43.7 Å². The molecule has 2 aromatic rings. The third kappa shape index (κ3) is 6.17. The van der Waals surface area contributed by atoms with Gasteiger partial charge in [0.2, 0.25) is 10.0 Å². The van der Waals surface area contributed by atoms with Crippen LogP contribution in [0.2, 0.25) is 0 Å². The van der Waals surface area contributed by atoms with Crippen LogP contribution in [0.25, 0.3) is 0 Å². The van der Waals surface area contributed by atoms with E-state index in [-0.39, 0.29) is 17.5 Å². The molecule has 1 fully saturated rings. The summed E-state index contributed by atoms with van der Waals surface area (Å²) >= 11 is 0. The number of amides is 2. The lowest BCUT2D eigenvalue weighted by atomic mass is 10.0. The molecule has 178 valence electrons. The Hall–Kier alpha value is -2.78. The van der Waals surface area contributed by atoms with Crippen molar-refractivity contribution < 1.29 is 22.4 Å². The van der Waals surface area contributed by atoms with Gasteiger partial charge in [0.25, 0.3) is 0 Å². The normalized spacial score (nSPS) is 16.9. The molecule has 33 heavy (non-hydrogen) atoms. The number of sulfonamides is 1. The van der Waals surface area contributed by atoms with Gasteiger partial charge in [-0.15, -0.1) is 0 Å². The number of carbonyl (C=O) groups is 2. The number of rotatable bonds is 7. The average molecular weight is 476 g/mol. The number of nitrogens with zero attached hydrogens (tertiary/aromatic N) is 1. The fraction of sp³-hybridized carbons (Fsp3) is 0.417.